The van der Waals surface area contributed by atoms with Gasteiger partial charge in [-0.1, -0.05) is 6.42 Å². The summed E-state index contributed by atoms with van der Waals surface area (Å²) in [6.45, 7) is 3.95. The number of nitrogens with zero attached hydrogens (tertiary/aromatic N) is 1. The topological polar surface area (TPSA) is 91.3 Å². The highest BCUT2D eigenvalue weighted by Gasteiger charge is 2.45. The van der Waals surface area contributed by atoms with Crippen LogP contribution in [0.4, 0.5) is 4.79 Å². The van der Waals surface area contributed by atoms with E-state index in [-0.39, 0.29) is 12.1 Å². The Labute approximate surface area is 121 Å². The SMILES string of the molecule is Cc1csc(CNC(=O)NC2CCCC2(C)C(=O)O)n1. The van der Waals surface area contributed by atoms with Gasteiger partial charge in [-0.15, -0.1) is 11.3 Å². The van der Waals surface area contributed by atoms with Crippen molar-refractivity contribution in [3.05, 3.63) is 16.1 Å². The van der Waals surface area contributed by atoms with Crippen molar-refractivity contribution in [2.75, 3.05) is 0 Å². The van der Waals surface area contributed by atoms with Gasteiger partial charge in [0.2, 0.25) is 0 Å². The fourth-order valence-electron chi connectivity index (χ4n) is 2.50. The summed E-state index contributed by atoms with van der Waals surface area (Å²) in [4.78, 5) is 27.4. The van der Waals surface area contributed by atoms with E-state index in [1.165, 1.54) is 11.3 Å². The second-order valence-corrected chi connectivity index (χ2v) is 6.32. The number of urea groups is 1. The van der Waals surface area contributed by atoms with Crippen LogP contribution in [-0.2, 0) is 11.3 Å². The molecule has 6 nitrogen and oxygen atoms in total. The Hall–Kier alpha value is -1.63. The molecular formula is C13H19N3O3S. The number of hydrogen-bond acceptors (Lipinski definition) is 4. The van der Waals surface area contributed by atoms with Gasteiger partial charge in [-0.05, 0) is 26.7 Å². The number of carboxylic acids is 1. The van der Waals surface area contributed by atoms with Crippen LogP contribution >= 0.6 is 11.3 Å². The highest BCUT2D eigenvalue weighted by Crippen LogP contribution is 2.38. The zero-order chi connectivity index (χ0) is 14.8. The van der Waals surface area contributed by atoms with Gasteiger partial charge in [-0.3, -0.25) is 4.79 Å². The minimum absolute atomic E-state index is 0.321. The van der Waals surface area contributed by atoms with Crippen molar-refractivity contribution in [2.45, 2.75) is 45.7 Å². The number of aromatic nitrogens is 1. The molecule has 0 radical (unpaired) electrons. The van der Waals surface area contributed by atoms with Crippen LogP contribution in [0.15, 0.2) is 5.38 Å². The molecule has 1 saturated carbocycles. The van der Waals surface area contributed by atoms with Crippen molar-refractivity contribution < 1.29 is 14.7 Å². The minimum Gasteiger partial charge on any atom is -0.481 e. The summed E-state index contributed by atoms with van der Waals surface area (Å²) >= 11 is 1.49. The molecule has 0 aromatic carbocycles. The first-order valence-electron chi connectivity index (χ1n) is 6.60. The Morgan fingerprint density at radius 3 is 2.95 bits per heavy atom. The Morgan fingerprint density at radius 2 is 2.35 bits per heavy atom. The number of amides is 2. The summed E-state index contributed by atoms with van der Waals surface area (Å²) in [5, 5.41) is 17.5. The third kappa shape index (κ3) is 3.09. The highest BCUT2D eigenvalue weighted by molar-refractivity contribution is 7.09. The molecule has 2 rings (SSSR count). The van der Waals surface area contributed by atoms with E-state index >= 15 is 0 Å². The summed E-state index contributed by atoms with van der Waals surface area (Å²) < 4.78 is 0. The molecule has 0 saturated heterocycles. The molecule has 1 aromatic heterocycles. The summed E-state index contributed by atoms with van der Waals surface area (Å²) in [5.41, 5.74) is 0.0659. The Kier molecular flexibility index (Phi) is 4.27. The highest BCUT2D eigenvalue weighted by atomic mass is 32.1. The average Bonchev–Trinajstić information content (AvgIpc) is 2.95. The van der Waals surface area contributed by atoms with E-state index in [2.05, 4.69) is 15.6 Å². The number of nitrogens with one attached hydrogen (secondary N) is 2. The molecule has 1 heterocycles. The van der Waals surface area contributed by atoms with Gasteiger partial charge in [-0.25, -0.2) is 9.78 Å². The van der Waals surface area contributed by atoms with Crippen LogP contribution in [0, 0.1) is 12.3 Å². The van der Waals surface area contributed by atoms with E-state index in [0.29, 0.717) is 19.4 Å². The molecule has 1 aliphatic carbocycles. The lowest BCUT2D eigenvalue weighted by atomic mass is 9.85. The van der Waals surface area contributed by atoms with Crippen LogP contribution in [0.25, 0.3) is 0 Å². The molecular weight excluding hydrogens is 278 g/mol. The quantitative estimate of drug-likeness (QED) is 0.791. The lowest BCUT2D eigenvalue weighted by molar-refractivity contribution is -0.148. The van der Waals surface area contributed by atoms with Gasteiger partial charge in [0.15, 0.2) is 0 Å². The first-order chi connectivity index (χ1) is 9.41. The van der Waals surface area contributed by atoms with Crippen LogP contribution < -0.4 is 10.6 Å². The third-order valence-electron chi connectivity index (χ3n) is 3.82. The smallest absolute Gasteiger partial charge is 0.315 e. The van der Waals surface area contributed by atoms with Crippen molar-refractivity contribution in [3.8, 4) is 0 Å². The summed E-state index contributed by atoms with van der Waals surface area (Å²) in [7, 11) is 0. The summed E-state index contributed by atoms with van der Waals surface area (Å²) in [6, 6.07) is -0.657. The van der Waals surface area contributed by atoms with Crippen LogP contribution in [0.2, 0.25) is 0 Å². The number of thiazole rings is 1. The molecule has 0 aliphatic heterocycles. The summed E-state index contributed by atoms with van der Waals surface area (Å²) in [5.74, 6) is -0.851. The predicted molar refractivity (Wildman–Crippen MR) is 75.6 cm³/mol. The van der Waals surface area contributed by atoms with Crippen molar-refractivity contribution in [2.24, 2.45) is 5.41 Å². The number of hydrogen-bond donors (Lipinski definition) is 3. The van der Waals surface area contributed by atoms with Crippen molar-refractivity contribution in [1.82, 2.24) is 15.6 Å². The van der Waals surface area contributed by atoms with Gasteiger partial charge >= 0.3 is 12.0 Å². The van der Waals surface area contributed by atoms with Gasteiger partial charge in [0.25, 0.3) is 0 Å². The molecule has 0 spiro atoms. The normalized spacial score (nSPS) is 25.4. The number of carboxylic acid groups (broad SMARTS) is 1. The molecule has 2 atom stereocenters. The molecule has 3 N–H and O–H groups in total. The fraction of sp³-hybridized carbons (Fsp3) is 0.615. The van der Waals surface area contributed by atoms with Crippen LogP contribution in [0.3, 0.4) is 0 Å². The number of aliphatic carboxylic acids is 1. The second kappa shape index (κ2) is 5.78. The number of aryl methyl sites for hydroxylation is 1. The van der Waals surface area contributed by atoms with Gasteiger partial charge in [0, 0.05) is 17.1 Å². The zero-order valence-electron chi connectivity index (χ0n) is 11.6. The molecule has 7 heteroatoms. The lowest BCUT2D eigenvalue weighted by Crippen LogP contribution is -2.50. The first-order valence-corrected chi connectivity index (χ1v) is 7.48. The maximum absolute atomic E-state index is 11.9. The van der Waals surface area contributed by atoms with E-state index in [1.807, 2.05) is 12.3 Å². The minimum atomic E-state index is -0.866. The predicted octanol–water partition coefficient (Wildman–Crippen LogP) is 1.89. The zero-order valence-corrected chi connectivity index (χ0v) is 12.4. The Morgan fingerprint density at radius 1 is 1.60 bits per heavy atom. The van der Waals surface area contributed by atoms with Crippen molar-refractivity contribution in [3.63, 3.8) is 0 Å². The fourth-order valence-corrected chi connectivity index (χ4v) is 3.21. The number of carbonyl (C=O) groups is 2. The van der Waals surface area contributed by atoms with Gasteiger partial charge in [0.05, 0.1) is 12.0 Å². The van der Waals surface area contributed by atoms with E-state index < -0.39 is 11.4 Å². The lowest BCUT2D eigenvalue weighted by Gasteiger charge is -2.27. The van der Waals surface area contributed by atoms with Gasteiger partial charge in [0.1, 0.15) is 5.01 Å². The van der Waals surface area contributed by atoms with E-state index in [4.69, 9.17) is 0 Å². The molecule has 1 aliphatic rings. The standard InChI is InChI=1S/C13H19N3O3S/c1-8-7-20-10(15-8)6-14-12(19)16-9-4-3-5-13(9,2)11(17)18/h7,9H,3-6H2,1-2H3,(H,17,18)(H2,14,16,19). The molecule has 1 aromatic rings. The van der Waals surface area contributed by atoms with Gasteiger partial charge in [-0.2, -0.15) is 0 Å². The Bertz CT molecular complexity index is 517. The number of rotatable bonds is 4. The average molecular weight is 297 g/mol. The van der Waals surface area contributed by atoms with Crippen LogP contribution in [0.5, 0.6) is 0 Å². The van der Waals surface area contributed by atoms with E-state index in [0.717, 1.165) is 17.1 Å². The molecule has 1 fully saturated rings. The molecule has 110 valence electrons. The van der Waals surface area contributed by atoms with E-state index in [1.54, 1.807) is 6.92 Å². The van der Waals surface area contributed by atoms with E-state index in [9.17, 15) is 14.7 Å². The van der Waals surface area contributed by atoms with Gasteiger partial charge < -0.3 is 15.7 Å². The maximum Gasteiger partial charge on any atom is 0.315 e. The van der Waals surface area contributed by atoms with Crippen LogP contribution in [-0.4, -0.2) is 28.1 Å². The summed E-state index contributed by atoms with van der Waals surface area (Å²) in [6.07, 6.45) is 2.12. The maximum atomic E-state index is 11.9. The molecule has 2 amide bonds. The van der Waals surface area contributed by atoms with Crippen molar-refractivity contribution in [1.29, 1.82) is 0 Å². The van der Waals surface area contributed by atoms with Crippen LogP contribution in [0.1, 0.15) is 36.9 Å². The third-order valence-corrected chi connectivity index (χ3v) is 4.79. The first kappa shape index (κ1) is 14.8. The molecule has 20 heavy (non-hydrogen) atoms. The number of carbonyl (C=O) groups excluding carboxylic acids is 1. The second-order valence-electron chi connectivity index (χ2n) is 5.38. The monoisotopic (exact) mass is 297 g/mol. The Balaban J connectivity index is 1.86. The molecule has 2 unspecified atom stereocenters. The molecule has 0 bridgehead atoms. The van der Waals surface area contributed by atoms with Crippen molar-refractivity contribution >= 4 is 23.3 Å². The largest absolute Gasteiger partial charge is 0.481 e.